The zero-order valence-corrected chi connectivity index (χ0v) is 21.9. The molecule has 194 valence electrons. The molecule has 3 fully saturated rings. The standard InChI is InChI=1S/C31H45FO3/c1-3-5-8-22-11-13-23(14-12-22)24-15-17-27-25(20-24)9-7-10-28(27)31(33)35-30-18-16-26(21-29(30)32)34-19-6-4-2/h4,6,16,18,21-25,27-28H,3,5,7-15,17,19-20H2,1-2H3/b6-4+. The predicted octanol–water partition coefficient (Wildman–Crippen LogP) is 8.52. The van der Waals surface area contributed by atoms with Crippen LogP contribution in [-0.4, -0.2) is 12.6 Å². The molecule has 4 rings (SSSR count). The molecule has 0 spiro atoms. The average Bonchev–Trinajstić information content (AvgIpc) is 2.88. The maximum absolute atomic E-state index is 14.6. The van der Waals surface area contributed by atoms with Crippen LogP contribution in [0.4, 0.5) is 4.39 Å². The van der Waals surface area contributed by atoms with Crippen LogP contribution in [0.5, 0.6) is 11.5 Å². The fourth-order valence-corrected chi connectivity index (χ4v) is 7.24. The molecule has 0 aromatic heterocycles. The lowest BCUT2D eigenvalue weighted by atomic mass is 9.59. The molecule has 3 aliphatic carbocycles. The summed E-state index contributed by atoms with van der Waals surface area (Å²) in [6.45, 7) is 4.60. The van der Waals surface area contributed by atoms with E-state index in [0.717, 1.165) is 37.0 Å². The summed E-state index contributed by atoms with van der Waals surface area (Å²) in [6.07, 6.45) is 20.4. The van der Waals surface area contributed by atoms with Crippen molar-refractivity contribution >= 4 is 5.97 Å². The molecule has 0 radical (unpaired) electrons. The number of allylic oxidation sites excluding steroid dienone is 1. The molecule has 0 aliphatic heterocycles. The van der Waals surface area contributed by atoms with Crippen molar-refractivity contribution < 1.29 is 18.7 Å². The molecule has 0 bridgehead atoms. The van der Waals surface area contributed by atoms with E-state index in [1.165, 1.54) is 76.3 Å². The number of hydrogen-bond acceptors (Lipinski definition) is 3. The second-order valence-corrected chi connectivity index (χ2v) is 11.4. The van der Waals surface area contributed by atoms with Gasteiger partial charge in [0.2, 0.25) is 0 Å². The highest BCUT2D eigenvalue weighted by atomic mass is 19.1. The van der Waals surface area contributed by atoms with Crippen molar-refractivity contribution in [2.24, 2.45) is 35.5 Å². The van der Waals surface area contributed by atoms with Gasteiger partial charge in [-0.05, 0) is 87.2 Å². The molecule has 0 N–H and O–H groups in total. The Morgan fingerprint density at radius 2 is 1.83 bits per heavy atom. The summed E-state index contributed by atoms with van der Waals surface area (Å²) in [7, 11) is 0. The van der Waals surface area contributed by atoms with Crippen molar-refractivity contribution in [1.29, 1.82) is 0 Å². The fourth-order valence-electron chi connectivity index (χ4n) is 7.24. The van der Waals surface area contributed by atoms with Crippen LogP contribution < -0.4 is 9.47 Å². The van der Waals surface area contributed by atoms with Crippen molar-refractivity contribution in [2.45, 2.75) is 97.3 Å². The maximum atomic E-state index is 14.6. The van der Waals surface area contributed by atoms with Gasteiger partial charge >= 0.3 is 5.97 Å². The van der Waals surface area contributed by atoms with E-state index in [9.17, 15) is 9.18 Å². The summed E-state index contributed by atoms with van der Waals surface area (Å²) in [5.74, 6) is 3.31. The topological polar surface area (TPSA) is 35.5 Å². The SMILES string of the molecule is C/C=C/COc1ccc(OC(=O)C2CCCC3CC(C4CCC(CCCC)CC4)CCC32)c(F)c1. The number of benzene rings is 1. The Hall–Kier alpha value is -1.84. The first-order valence-corrected chi connectivity index (χ1v) is 14.3. The van der Waals surface area contributed by atoms with E-state index < -0.39 is 5.82 Å². The minimum Gasteiger partial charge on any atom is -0.489 e. The molecule has 3 saturated carbocycles. The number of fused-ring (bicyclic) bond motifs is 1. The van der Waals surface area contributed by atoms with E-state index >= 15 is 0 Å². The first kappa shape index (κ1) is 26.2. The van der Waals surface area contributed by atoms with Crippen LogP contribution >= 0.6 is 0 Å². The predicted molar refractivity (Wildman–Crippen MR) is 139 cm³/mol. The molecule has 1 aromatic rings. The third-order valence-electron chi connectivity index (χ3n) is 9.21. The second-order valence-electron chi connectivity index (χ2n) is 11.4. The fraction of sp³-hybridized carbons (Fsp3) is 0.710. The molecule has 35 heavy (non-hydrogen) atoms. The minimum atomic E-state index is -0.540. The third kappa shape index (κ3) is 6.89. The van der Waals surface area contributed by atoms with Gasteiger partial charge in [-0.25, -0.2) is 4.39 Å². The monoisotopic (exact) mass is 484 g/mol. The van der Waals surface area contributed by atoms with Crippen molar-refractivity contribution in [3.8, 4) is 11.5 Å². The zero-order valence-electron chi connectivity index (χ0n) is 21.9. The van der Waals surface area contributed by atoms with Crippen molar-refractivity contribution in [3.05, 3.63) is 36.2 Å². The van der Waals surface area contributed by atoms with Gasteiger partial charge in [0.25, 0.3) is 0 Å². The van der Waals surface area contributed by atoms with Gasteiger partial charge in [0.05, 0.1) is 5.92 Å². The average molecular weight is 485 g/mol. The Kier molecular flexibility index (Phi) is 9.68. The third-order valence-corrected chi connectivity index (χ3v) is 9.21. The van der Waals surface area contributed by atoms with Gasteiger partial charge in [0, 0.05) is 6.07 Å². The summed E-state index contributed by atoms with van der Waals surface area (Å²) < 4.78 is 25.7. The lowest BCUT2D eigenvalue weighted by Crippen LogP contribution is -2.40. The Balaban J connectivity index is 1.29. The number of rotatable bonds is 9. The number of esters is 1. The summed E-state index contributed by atoms with van der Waals surface area (Å²) in [4.78, 5) is 13.1. The van der Waals surface area contributed by atoms with Crippen LogP contribution in [0.1, 0.15) is 97.3 Å². The smallest absolute Gasteiger partial charge is 0.314 e. The molecule has 3 aliphatic rings. The minimum absolute atomic E-state index is 0.0176. The molecule has 4 heteroatoms. The number of ether oxygens (including phenoxy) is 2. The first-order chi connectivity index (χ1) is 17.1. The van der Waals surface area contributed by atoms with Gasteiger partial charge in [-0.1, -0.05) is 64.0 Å². The normalized spacial score (nSPS) is 31.2. The van der Waals surface area contributed by atoms with Crippen LogP contribution in [-0.2, 0) is 4.79 Å². The molecule has 0 amide bonds. The molecular weight excluding hydrogens is 439 g/mol. The Morgan fingerprint density at radius 1 is 1.03 bits per heavy atom. The van der Waals surface area contributed by atoms with Gasteiger partial charge in [0.1, 0.15) is 12.4 Å². The Bertz CT molecular complexity index is 842. The molecule has 4 unspecified atom stereocenters. The maximum Gasteiger partial charge on any atom is 0.314 e. The van der Waals surface area contributed by atoms with E-state index in [0.29, 0.717) is 24.2 Å². The van der Waals surface area contributed by atoms with Gasteiger partial charge in [-0.3, -0.25) is 4.79 Å². The van der Waals surface area contributed by atoms with E-state index in [1.54, 1.807) is 6.07 Å². The Morgan fingerprint density at radius 3 is 2.57 bits per heavy atom. The van der Waals surface area contributed by atoms with E-state index in [2.05, 4.69) is 6.92 Å². The molecule has 0 saturated heterocycles. The molecule has 3 nitrogen and oxygen atoms in total. The highest BCUT2D eigenvalue weighted by molar-refractivity contribution is 5.75. The highest BCUT2D eigenvalue weighted by Gasteiger charge is 2.43. The quantitative estimate of drug-likeness (QED) is 0.200. The van der Waals surface area contributed by atoms with Crippen LogP contribution in [0.3, 0.4) is 0 Å². The largest absolute Gasteiger partial charge is 0.489 e. The van der Waals surface area contributed by atoms with Crippen molar-refractivity contribution in [1.82, 2.24) is 0 Å². The van der Waals surface area contributed by atoms with Gasteiger partial charge < -0.3 is 9.47 Å². The lowest BCUT2D eigenvalue weighted by molar-refractivity contribution is -0.144. The van der Waals surface area contributed by atoms with E-state index in [-0.39, 0.29) is 17.6 Å². The zero-order chi connectivity index (χ0) is 24.6. The summed E-state index contributed by atoms with van der Waals surface area (Å²) in [6, 6.07) is 4.49. The number of carbonyl (C=O) groups is 1. The number of carbonyl (C=O) groups excluding carboxylic acids is 1. The number of halogens is 1. The first-order valence-electron chi connectivity index (χ1n) is 14.3. The number of hydrogen-bond donors (Lipinski definition) is 0. The molecular formula is C31H45FO3. The van der Waals surface area contributed by atoms with Crippen molar-refractivity contribution in [3.63, 3.8) is 0 Å². The molecule has 4 atom stereocenters. The summed E-state index contributed by atoms with van der Waals surface area (Å²) in [5, 5.41) is 0. The van der Waals surface area contributed by atoms with Crippen LogP contribution in [0.2, 0.25) is 0 Å². The van der Waals surface area contributed by atoms with Crippen LogP contribution in [0.25, 0.3) is 0 Å². The van der Waals surface area contributed by atoms with Crippen LogP contribution in [0.15, 0.2) is 30.4 Å². The Labute approximate surface area is 211 Å². The van der Waals surface area contributed by atoms with Gasteiger partial charge in [-0.2, -0.15) is 0 Å². The summed E-state index contributed by atoms with van der Waals surface area (Å²) >= 11 is 0. The summed E-state index contributed by atoms with van der Waals surface area (Å²) in [5.41, 5.74) is 0. The highest BCUT2D eigenvalue weighted by Crippen LogP contribution is 2.50. The lowest BCUT2D eigenvalue weighted by Gasteiger charge is -2.46. The van der Waals surface area contributed by atoms with Gasteiger partial charge in [-0.15, -0.1) is 0 Å². The second kappa shape index (κ2) is 12.9. The van der Waals surface area contributed by atoms with Gasteiger partial charge in [0.15, 0.2) is 11.6 Å². The number of unbranched alkanes of at least 4 members (excludes halogenated alkanes) is 1. The van der Waals surface area contributed by atoms with E-state index in [4.69, 9.17) is 9.47 Å². The molecule has 0 heterocycles. The van der Waals surface area contributed by atoms with E-state index in [1.807, 2.05) is 19.1 Å². The van der Waals surface area contributed by atoms with Crippen molar-refractivity contribution in [2.75, 3.05) is 6.61 Å². The van der Waals surface area contributed by atoms with Crippen LogP contribution in [0, 0.1) is 41.3 Å². The molecule has 1 aromatic carbocycles.